The van der Waals surface area contributed by atoms with E-state index < -0.39 is 7.14 Å². The van der Waals surface area contributed by atoms with E-state index in [0.29, 0.717) is 33.8 Å². The number of benzene rings is 6. The van der Waals surface area contributed by atoms with Crippen molar-refractivity contribution in [2.24, 2.45) is 0 Å². The monoisotopic (exact) mass is 1010 g/mol. The van der Waals surface area contributed by atoms with Crippen molar-refractivity contribution in [1.82, 2.24) is 29.9 Å². The summed E-state index contributed by atoms with van der Waals surface area (Å²) >= 11 is 0. The molecule has 0 radical (unpaired) electrons. The van der Waals surface area contributed by atoms with Gasteiger partial charge in [0, 0.05) is 69.4 Å². The quantitative estimate of drug-likeness (QED) is 0.0922. The first kappa shape index (κ1) is 47.8. The van der Waals surface area contributed by atoms with Crippen molar-refractivity contribution in [2.45, 2.75) is 0 Å². The van der Waals surface area contributed by atoms with E-state index in [1.54, 1.807) is 18.6 Å². The molecular formula is C66H48N9OP. The molecule has 11 heteroatoms. The highest BCUT2D eigenvalue weighted by Crippen LogP contribution is 2.45. The number of para-hydroxylation sites is 3. The molecule has 0 unspecified atom stereocenters. The Morgan fingerprint density at radius 2 is 0.532 bits per heavy atom. The normalized spacial score (nSPS) is 11.2. The molecule has 0 aliphatic rings. The summed E-state index contributed by atoms with van der Waals surface area (Å²) in [7, 11) is -4.14. The summed E-state index contributed by atoms with van der Waals surface area (Å²) in [5, 5.41) is 0. The second-order valence-corrected chi connectivity index (χ2v) is 20.6. The van der Waals surface area contributed by atoms with Gasteiger partial charge in [-0.2, -0.15) is 0 Å². The van der Waals surface area contributed by atoms with Crippen molar-refractivity contribution < 1.29 is 4.57 Å². The van der Waals surface area contributed by atoms with Crippen molar-refractivity contribution in [3.63, 3.8) is 0 Å². The van der Waals surface area contributed by atoms with Crippen LogP contribution in [0, 0.1) is 0 Å². The van der Waals surface area contributed by atoms with Gasteiger partial charge in [-0.1, -0.05) is 127 Å². The van der Waals surface area contributed by atoms with Gasteiger partial charge in [-0.25, -0.2) is 15.0 Å². The van der Waals surface area contributed by atoms with Crippen molar-refractivity contribution >= 4 is 75.0 Å². The number of hydrogen-bond donors (Lipinski definition) is 0. The Labute approximate surface area is 447 Å². The molecule has 0 amide bonds. The highest BCUT2D eigenvalue weighted by atomic mass is 31.2. The van der Waals surface area contributed by atoms with Crippen molar-refractivity contribution in [2.75, 3.05) is 14.7 Å². The van der Waals surface area contributed by atoms with Crippen LogP contribution in [0.15, 0.2) is 292 Å². The first-order valence-corrected chi connectivity index (χ1v) is 26.9. The maximum atomic E-state index is 17.4. The predicted octanol–water partition coefficient (Wildman–Crippen LogP) is 15.1. The average molecular weight is 1010 g/mol. The number of nitrogens with zero attached hydrogens (tertiary/aromatic N) is 9. The first-order valence-electron chi connectivity index (χ1n) is 25.2. The zero-order valence-electron chi connectivity index (χ0n) is 41.6. The number of hydrogen-bond acceptors (Lipinski definition) is 10. The SMILES string of the molecule is O=P(c1cccc(N(c2ccccc2)c2cccc(-c3ccccn3)c2)n1)(c1cccc(N(c2ccccc2)c2cccc(-c3ccccn3)c2)n1)c1cccc(N(c2ccccc2)c2cccc(-c3ccccn3)c2)n1. The van der Waals surface area contributed by atoms with Crippen molar-refractivity contribution in [3.8, 4) is 33.8 Å². The molecule has 77 heavy (non-hydrogen) atoms. The Kier molecular flexibility index (Phi) is 13.5. The minimum absolute atomic E-state index is 0.304. The maximum Gasteiger partial charge on any atom is 0.223 e. The number of rotatable bonds is 15. The van der Waals surface area contributed by atoms with Gasteiger partial charge in [-0.3, -0.25) is 29.7 Å². The average Bonchev–Trinajstić information content (AvgIpc) is 3.55. The largest absolute Gasteiger partial charge is 0.304 e. The van der Waals surface area contributed by atoms with E-state index in [4.69, 9.17) is 15.0 Å². The summed E-state index contributed by atoms with van der Waals surface area (Å²) in [6.07, 6.45) is 5.38. The highest BCUT2D eigenvalue weighted by molar-refractivity contribution is 7.84. The third-order valence-electron chi connectivity index (χ3n) is 13.1. The van der Waals surface area contributed by atoms with Gasteiger partial charge in [0.2, 0.25) is 7.14 Å². The van der Waals surface area contributed by atoms with Crippen LogP contribution in [-0.2, 0) is 4.57 Å². The van der Waals surface area contributed by atoms with Crippen molar-refractivity contribution in [1.29, 1.82) is 0 Å². The smallest absolute Gasteiger partial charge is 0.223 e. The molecule has 12 rings (SSSR count). The lowest BCUT2D eigenvalue weighted by molar-refractivity contribution is 0.591. The van der Waals surface area contributed by atoms with Gasteiger partial charge in [0.25, 0.3) is 0 Å². The molecule has 0 atom stereocenters. The van der Waals surface area contributed by atoms with Gasteiger partial charge < -0.3 is 4.57 Å². The fourth-order valence-corrected chi connectivity index (χ4v) is 11.8. The minimum atomic E-state index is -4.14. The lowest BCUT2D eigenvalue weighted by atomic mass is 10.1. The van der Waals surface area contributed by atoms with Gasteiger partial charge in [0.1, 0.15) is 33.8 Å². The van der Waals surface area contributed by atoms with Crippen molar-refractivity contribution in [3.05, 3.63) is 292 Å². The van der Waals surface area contributed by atoms with E-state index in [9.17, 15) is 0 Å². The number of aromatic nitrogens is 6. The number of anilines is 9. The minimum Gasteiger partial charge on any atom is -0.304 e. The maximum absolute atomic E-state index is 17.4. The Balaban J connectivity index is 1.06. The van der Waals surface area contributed by atoms with Crippen LogP contribution < -0.4 is 31.0 Å². The molecule has 0 spiro atoms. The van der Waals surface area contributed by atoms with Crippen LogP contribution in [0.3, 0.4) is 0 Å². The second kappa shape index (κ2) is 21.7. The Morgan fingerprint density at radius 1 is 0.260 bits per heavy atom. The molecule has 0 N–H and O–H groups in total. The van der Waals surface area contributed by atoms with Crippen LogP contribution in [-0.4, -0.2) is 29.9 Å². The molecule has 6 aromatic carbocycles. The molecule has 0 fully saturated rings. The molecule has 0 aliphatic carbocycles. The summed E-state index contributed by atoms with van der Waals surface area (Å²) in [5.74, 6) is 1.65. The van der Waals surface area contributed by atoms with E-state index >= 15 is 4.57 Å². The van der Waals surface area contributed by atoms with Gasteiger partial charge in [0.15, 0.2) is 0 Å². The predicted molar refractivity (Wildman–Crippen MR) is 313 cm³/mol. The van der Waals surface area contributed by atoms with Crippen LogP contribution in [0.5, 0.6) is 0 Å². The Hall–Kier alpha value is -10.2. The van der Waals surface area contributed by atoms with Crippen LogP contribution >= 0.6 is 7.14 Å². The molecule has 0 saturated heterocycles. The molecular weight excluding hydrogens is 966 g/mol. The molecule has 6 heterocycles. The molecule has 6 aromatic heterocycles. The zero-order chi connectivity index (χ0) is 51.8. The summed E-state index contributed by atoms with van der Waals surface area (Å²) in [6.45, 7) is 0. The van der Waals surface area contributed by atoms with Crippen LogP contribution in [0.4, 0.5) is 51.6 Å². The topological polar surface area (TPSA) is 104 Å². The Morgan fingerprint density at radius 3 is 0.818 bits per heavy atom. The van der Waals surface area contributed by atoms with Gasteiger partial charge >= 0.3 is 0 Å². The van der Waals surface area contributed by atoms with E-state index in [1.165, 1.54) is 0 Å². The lowest BCUT2D eigenvalue weighted by Crippen LogP contribution is -2.32. The molecule has 0 saturated carbocycles. The first-order chi connectivity index (χ1) is 38.1. The van der Waals surface area contributed by atoms with Gasteiger partial charge in [-0.15, -0.1) is 0 Å². The van der Waals surface area contributed by atoms with E-state index in [1.807, 2.05) is 255 Å². The van der Waals surface area contributed by atoms with Gasteiger partial charge in [0.05, 0.1) is 17.1 Å². The molecule has 12 aromatic rings. The summed E-state index contributed by atoms with van der Waals surface area (Å²) in [6, 6.07) is 89.6. The van der Waals surface area contributed by atoms with Crippen LogP contribution in [0.2, 0.25) is 0 Å². The van der Waals surface area contributed by atoms with E-state index in [-0.39, 0.29) is 0 Å². The summed E-state index contributed by atoms with van der Waals surface area (Å²) in [4.78, 5) is 36.6. The van der Waals surface area contributed by atoms with Gasteiger partial charge in [-0.05, 0) is 146 Å². The lowest BCUT2D eigenvalue weighted by Gasteiger charge is -2.28. The second-order valence-electron chi connectivity index (χ2n) is 18.0. The summed E-state index contributed by atoms with van der Waals surface area (Å²) < 4.78 is 17.4. The van der Waals surface area contributed by atoms with E-state index in [0.717, 1.165) is 67.9 Å². The fraction of sp³-hybridized carbons (Fsp3) is 0. The van der Waals surface area contributed by atoms with E-state index in [2.05, 4.69) is 47.9 Å². The highest BCUT2D eigenvalue weighted by Gasteiger charge is 2.37. The Bertz CT molecular complexity index is 3580. The fourth-order valence-electron chi connectivity index (χ4n) is 9.47. The third kappa shape index (κ3) is 10.00. The number of pyridine rings is 6. The van der Waals surface area contributed by atoms with Crippen LogP contribution in [0.25, 0.3) is 33.8 Å². The molecule has 0 bridgehead atoms. The molecule has 10 nitrogen and oxygen atoms in total. The van der Waals surface area contributed by atoms with Crippen LogP contribution in [0.1, 0.15) is 0 Å². The third-order valence-corrected chi connectivity index (χ3v) is 15.7. The summed E-state index contributed by atoms with van der Waals surface area (Å²) in [5.41, 5.74) is 11.4. The molecule has 368 valence electrons. The zero-order valence-corrected chi connectivity index (χ0v) is 42.5. The standard InChI is InChI=1S/C66H48N9OP/c76-77(64-40-19-37-61(70-64)73(52-25-4-1-5-26-52)55-31-16-22-49(46-55)58-34-10-13-43-67-58,65-41-20-38-62(71-65)74(53-27-6-2-7-28-53)56-32-17-23-50(47-56)59-35-11-14-44-68-59)66-42-21-39-63(72-66)75(54-29-8-3-9-30-54)57-33-18-24-51(48-57)60-36-12-15-45-69-60/h1-48H. The molecule has 0 aliphatic heterocycles.